The minimum absolute atomic E-state index is 0.985. The van der Waals surface area contributed by atoms with Gasteiger partial charge >= 0.3 is 0 Å². The van der Waals surface area contributed by atoms with Crippen molar-refractivity contribution >= 4 is 66.3 Å². The number of fused-ring (bicyclic) bond motifs is 6. The van der Waals surface area contributed by atoms with Crippen LogP contribution in [0.25, 0.3) is 110 Å². The molecule has 1 N–H and O–H groups in total. The van der Waals surface area contributed by atoms with Gasteiger partial charge in [0.1, 0.15) is 10.0 Å². The van der Waals surface area contributed by atoms with Crippen LogP contribution in [0.15, 0.2) is 181 Å². The highest BCUT2D eigenvalue weighted by molar-refractivity contribution is 7.13. The third-order valence-corrected chi connectivity index (χ3v) is 13.7. The van der Waals surface area contributed by atoms with Crippen molar-refractivity contribution in [3.63, 3.8) is 0 Å². The first-order chi connectivity index (χ1) is 32.0. The molecule has 0 spiro atoms. The number of aryl methyl sites for hydroxylation is 2. The largest absolute Gasteiger partial charge is 0.323 e. The molecule has 0 saturated carbocycles. The van der Waals surface area contributed by atoms with E-state index in [2.05, 4.69) is 182 Å². The molecule has 9 heteroatoms. The van der Waals surface area contributed by atoms with E-state index in [-0.39, 0.29) is 0 Å². The van der Waals surface area contributed by atoms with Gasteiger partial charge in [0.2, 0.25) is 0 Å². The molecule has 0 saturated heterocycles. The van der Waals surface area contributed by atoms with Gasteiger partial charge in [-0.15, -0.1) is 22.7 Å². The molecule has 6 aromatic carbocycles. The highest BCUT2D eigenvalue weighted by Gasteiger charge is 2.24. The third-order valence-electron chi connectivity index (χ3n) is 12.1. The van der Waals surface area contributed by atoms with E-state index >= 15 is 0 Å². The summed E-state index contributed by atoms with van der Waals surface area (Å²) in [6.45, 7) is 4.47. The van der Waals surface area contributed by atoms with Gasteiger partial charge in [0.15, 0.2) is 0 Å². The minimum atomic E-state index is 0.985. The van der Waals surface area contributed by atoms with Gasteiger partial charge in [-0.3, -0.25) is 9.97 Å². The third kappa shape index (κ3) is 6.83. The van der Waals surface area contributed by atoms with Crippen molar-refractivity contribution in [2.24, 2.45) is 0 Å². The van der Waals surface area contributed by atoms with Crippen molar-refractivity contribution < 1.29 is 0 Å². The molecule has 0 aliphatic carbocycles. The van der Waals surface area contributed by atoms with Gasteiger partial charge in [0.05, 0.1) is 22.1 Å². The summed E-state index contributed by atoms with van der Waals surface area (Å²) in [4.78, 5) is 18.6. The Hall–Kier alpha value is -7.56. The number of hydrogen-bond acceptors (Lipinski definition) is 7. The van der Waals surface area contributed by atoms with Crippen LogP contribution in [0.2, 0.25) is 0 Å². The molecule has 0 aliphatic rings. The van der Waals surface area contributed by atoms with Crippen molar-refractivity contribution in [2.75, 3.05) is 14.1 Å². The molecular formula is C56H43N7S2. The topological polar surface area (TPSA) is 73.5 Å². The molecule has 12 aromatic rings. The number of hydrogen-bond donors (Lipinski definition) is 1. The first-order valence-corrected chi connectivity index (χ1v) is 23.3. The van der Waals surface area contributed by atoms with E-state index in [0.29, 0.717) is 0 Å². The number of nitrogens with zero attached hydrogens (tertiary/aromatic N) is 6. The summed E-state index contributed by atoms with van der Waals surface area (Å²) in [5.74, 6) is 0. The fourth-order valence-electron chi connectivity index (χ4n) is 9.54. The molecule has 0 atom stereocenters. The Balaban J connectivity index is 0.00000152. The van der Waals surface area contributed by atoms with Gasteiger partial charge in [0, 0.05) is 114 Å². The van der Waals surface area contributed by atoms with Gasteiger partial charge in [-0.2, -0.15) is 0 Å². The van der Waals surface area contributed by atoms with Crippen molar-refractivity contribution in [3.8, 4) is 65.9 Å². The van der Waals surface area contributed by atoms with Gasteiger partial charge in [-0.05, 0) is 111 Å². The Labute approximate surface area is 385 Å². The maximum Gasteiger partial charge on any atom is 0.123 e. The Morgan fingerprint density at radius 1 is 0.415 bits per heavy atom. The average molecular weight is 878 g/mol. The van der Waals surface area contributed by atoms with Crippen LogP contribution in [0, 0.1) is 13.8 Å². The minimum Gasteiger partial charge on any atom is -0.323 e. The molecule has 65 heavy (non-hydrogen) atoms. The Kier molecular flexibility index (Phi) is 10.4. The van der Waals surface area contributed by atoms with E-state index < -0.39 is 0 Å². The summed E-state index contributed by atoms with van der Waals surface area (Å²) in [7, 11) is 3.75. The molecule has 314 valence electrons. The summed E-state index contributed by atoms with van der Waals surface area (Å²) >= 11 is 3.30. The lowest BCUT2D eigenvalue weighted by atomic mass is 9.96. The second-order valence-corrected chi connectivity index (χ2v) is 17.9. The number of rotatable bonds is 7. The van der Waals surface area contributed by atoms with E-state index in [1.807, 2.05) is 62.0 Å². The zero-order chi connectivity index (χ0) is 44.0. The van der Waals surface area contributed by atoms with Crippen LogP contribution in [-0.2, 0) is 0 Å². The van der Waals surface area contributed by atoms with Crippen molar-refractivity contribution in [2.45, 2.75) is 13.8 Å². The van der Waals surface area contributed by atoms with Gasteiger partial charge in [-0.1, -0.05) is 72.8 Å². The predicted octanol–water partition coefficient (Wildman–Crippen LogP) is 14.4. The maximum atomic E-state index is 4.69. The van der Waals surface area contributed by atoms with Crippen LogP contribution < -0.4 is 5.32 Å². The number of nitrogens with one attached hydrogen (secondary N) is 1. The maximum absolute atomic E-state index is 4.69. The lowest BCUT2D eigenvalue weighted by Crippen LogP contribution is -1.99. The van der Waals surface area contributed by atoms with Crippen molar-refractivity contribution in [1.82, 2.24) is 34.4 Å². The van der Waals surface area contributed by atoms with Crippen molar-refractivity contribution in [1.29, 1.82) is 0 Å². The number of thiazole rings is 2. The number of aromatic nitrogens is 6. The van der Waals surface area contributed by atoms with E-state index in [0.717, 1.165) is 65.9 Å². The lowest BCUT2D eigenvalue weighted by Gasteiger charge is -2.16. The normalized spacial score (nSPS) is 11.4. The summed E-state index contributed by atoms with van der Waals surface area (Å²) in [5, 5.41) is 13.5. The zero-order valence-corrected chi connectivity index (χ0v) is 38.0. The Morgan fingerprint density at radius 3 is 1.25 bits per heavy atom. The smallest absolute Gasteiger partial charge is 0.123 e. The standard InChI is InChI=1S/C54H36N6S2.C2H7N/c1-33-27-35(47-31-55-21-19-43(47)53-57-23-25-61-53)29-45-41-17-9-15-39(51(41)59(49(33)45)37-11-5-3-6-12-37)40-16-10-18-42-46-30-36(48-32-56-22-20-44(48)54-58-24-26-62-54)28-34(2)50(46)60(52(40)42)38-13-7-4-8-14-38;1-3-2/h3-32H,1-2H3;3H,1-2H3. The highest BCUT2D eigenvalue weighted by Crippen LogP contribution is 2.47. The first-order valence-electron chi connectivity index (χ1n) is 21.6. The molecule has 0 bridgehead atoms. The van der Waals surface area contributed by atoms with Gasteiger partial charge in [0.25, 0.3) is 0 Å². The highest BCUT2D eigenvalue weighted by atomic mass is 32.1. The molecule has 0 unspecified atom stereocenters. The van der Waals surface area contributed by atoms with Gasteiger partial charge in [-0.25, -0.2) is 9.97 Å². The quantitative estimate of drug-likeness (QED) is 0.173. The lowest BCUT2D eigenvalue weighted by molar-refractivity contribution is 1.02. The van der Waals surface area contributed by atoms with E-state index in [9.17, 15) is 0 Å². The van der Waals surface area contributed by atoms with Crippen LogP contribution in [0.1, 0.15) is 11.1 Å². The van der Waals surface area contributed by atoms with E-state index in [1.54, 1.807) is 22.7 Å². The molecule has 6 aromatic heterocycles. The second-order valence-electron chi connectivity index (χ2n) is 16.1. The Bertz CT molecular complexity index is 3420. The number of pyridine rings is 2. The van der Waals surface area contributed by atoms with Crippen molar-refractivity contribution in [3.05, 3.63) is 193 Å². The SMILES string of the molecule is CNC.Cc1cc(-c2cnccc2-c2nccs2)cc2c3cccc(-c4cccc5c6cc(-c7cnccc7-c7nccs7)cc(C)c6n(-c6ccccc6)c45)c3n(-c3ccccc3)c12. The molecule has 0 radical (unpaired) electrons. The van der Waals surface area contributed by atoms with Crippen LogP contribution >= 0.6 is 22.7 Å². The van der Waals surface area contributed by atoms with Gasteiger partial charge < -0.3 is 14.5 Å². The monoisotopic (exact) mass is 877 g/mol. The molecule has 0 amide bonds. The zero-order valence-electron chi connectivity index (χ0n) is 36.3. The van der Waals surface area contributed by atoms with Crippen LogP contribution in [-0.4, -0.2) is 43.2 Å². The predicted molar refractivity (Wildman–Crippen MR) is 274 cm³/mol. The molecule has 0 aliphatic heterocycles. The van der Waals surface area contributed by atoms with Crippen LogP contribution in [0.3, 0.4) is 0 Å². The first kappa shape index (κ1) is 40.2. The summed E-state index contributed by atoms with van der Waals surface area (Å²) in [6.07, 6.45) is 11.4. The fraction of sp³-hybridized carbons (Fsp3) is 0.0714. The Morgan fingerprint density at radius 2 is 0.846 bits per heavy atom. The van der Waals surface area contributed by atoms with Crippen LogP contribution in [0.5, 0.6) is 0 Å². The molecule has 7 nitrogen and oxygen atoms in total. The number of benzene rings is 6. The molecule has 6 heterocycles. The second kappa shape index (κ2) is 16.9. The average Bonchev–Trinajstić information content (AvgIpc) is 4.19. The molecule has 12 rings (SSSR count). The fourth-order valence-corrected chi connectivity index (χ4v) is 10.9. The molecule has 0 fully saturated rings. The summed E-state index contributed by atoms with van der Waals surface area (Å²) in [5.41, 5.74) is 18.2. The van der Waals surface area contributed by atoms with Crippen LogP contribution in [0.4, 0.5) is 0 Å². The number of para-hydroxylation sites is 4. The summed E-state index contributed by atoms with van der Waals surface area (Å²) < 4.78 is 4.95. The van der Waals surface area contributed by atoms with E-state index in [4.69, 9.17) is 0 Å². The summed E-state index contributed by atoms with van der Waals surface area (Å²) in [6, 6.07) is 48.7. The molecular weight excluding hydrogens is 835 g/mol. The van der Waals surface area contributed by atoms with E-state index in [1.165, 1.54) is 54.7 Å².